The van der Waals surface area contributed by atoms with Crippen molar-refractivity contribution in [2.45, 2.75) is 91.0 Å². The second-order valence-electron chi connectivity index (χ2n) is 9.29. The lowest BCUT2D eigenvalue weighted by atomic mass is 10.0. The maximum absolute atomic E-state index is 12.3. The maximum atomic E-state index is 12.3. The summed E-state index contributed by atoms with van der Waals surface area (Å²) in [5.41, 5.74) is 0.348. The number of ether oxygens (including phenoxy) is 1. The molecule has 0 aliphatic rings. The van der Waals surface area contributed by atoms with Crippen LogP contribution in [0.4, 0.5) is 4.79 Å². The second kappa shape index (κ2) is 12.4. The highest BCUT2D eigenvalue weighted by atomic mass is 35.5. The summed E-state index contributed by atoms with van der Waals surface area (Å²) in [7, 11) is 0. The summed E-state index contributed by atoms with van der Waals surface area (Å²) in [6, 6.07) is 7.27. The zero-order valence-corrected chi connectivity index (χ0v) is 19.6. The molecular formula is C23H39ClN2O3. The quantitative estimate of drug-likeness (QED) is 0.468. The monoisotopic (exact) mass is 426 g/mol. The molecule has 0 fully saturated rings. The van der Waals surface area contributed by atoms with Crippen molar-refractivity contribution in [1.29, 1.82) is 0 Å². The SMILES string of the molecule is CC(C)CCCC(C)NC[C@@H](O)[C@H](Cc1cccc(Cl)c1)NC(=O)OC(C)(C)C. The zero-order chi connectivity index (χ0) is 22.0. The van der Waals surface area contributed by atoms with Gasteiger partial charge in [-0.25, -0.2) is 4.79 Å². The van der Waals surface area contributed by atoms with Gasteiger partial charge >= 0.3 is 6.09 Å². The van der Waals surface area contributed by atoms with E-state index in [0.29, 0.717) is 29.9 Å². The Kier molecular flexibility index (Phi) is 11.0. The van der Waals surface area contributed by atoms with Crippen LogP contribution in [0.5, 0.6) is 0 Å². The number of aliphatic hydroxyl groups is 1. The Labute approximate surface area is 181 Å². The van der Waals surface area contributed by atoms with E-state index in [1.54, 1.807) is 6.07 Å². The minimum Gasteiger partial charge on any atom is -0.444 e. The molecule has 5 nitrogen and oxygen atoms in total. The number of halogens is 1. The van der Waals surface area contributed by atoms with Crippen molar-refractivity contribution in [2.24, 2.45) is 5.92 Å². The van der Waals surface area contributed by atoms with Gasteiger partial charge in [-0.3, -0.25) is 0 Å². The topological polar surface area (TPSA) is 70.6 Å². The van der Waals surface area contributed by atoms with Crippen molar-refractivity contribution in [3.8, 4) is 0 Å². The van der Waals surface area contributed by atoms with E-state index in [9.17, 15) is 9.90 Å². The molecule has 0 heterocycles. The third kappa shape index (κ3) is 12.1. The minimum atomic E-state index is -0.756. The van der Waals surface area contributed by atoms with E-state index in [-0.39, 0.29) is 0 Å². The molecule has 0 aliphatic heterocycles. The van der Waals surface area contributed by atoms with Gasteiger partial charge in [0.2, 0.25) is 0 Å². The van der Waals surface area contributed by atoms with Crippen molar-refractivity contribution in [1.82, 2.24) is 10.6 Å². The number of amides is 1. The standard InChI is InChI=1S/C23H39ClN2O3/c1-16(2)9-7-10-17(3)25-15-21(27)20(26-22(28)29-23(4,5)6)14-18-11-8-12-19(24)13-18/h8,11-13,16-17,20-21,25,27H,7,9-10,14-15H2,1-6H3,(H,26,28)/t17?,20-,21+/m0/s1. The van der Waals surface area contributed by atoms with Gasteiger partial charge in [0.05, 0.1) is 12.1 Å². The number of aliphatic hydroxyl groups excluding tert-OH is 1. The average molecular weight is 427 g/mol. The maximum Gasteiger partial charge on any atom is 0.407 e. The summed E-state index contributed by atoms with van der Waals surface area (Å²) < 4.78 is 5.37. The van der Waals surface area contributed by atoms with Gasteiger partial charge < -0.3 is 20.5 Å². The van der Waals surface area contributed by atoms with E-state index in [1.807, 2.05) is 39.0 Å². The van der Waals surface area contributed by atoms with E-state index in [4.69, 9.17) is 16.3 Å². The van der Waals surface area contributed by atoms with E-state index in [0.717, 1.165) is 18.4 Å². The van der Waals surface area contributed by atoms with Crippen LogP contribution in [0.15, 0.2) is 24.3 Å². The Hall–Kier alpha value is -1.30. The third-order valence-electron chi connectivity index (χ3n) is 4.61. The van der Waals surface area contributed by atoms with Crippen molar-refractivity contribution in [2.75, 3.05) is 6.54 Å². The fourth-order valence-corrected chi connectivity index (χ4v) is 3.27. The Bertz CT molecular complexity index is 616. The van der Waals surface area contributed by atoms with Crippen LogP contribution >= 0.6 is 11.6 Å². The summed E-state index contributed by atoms with van der Waals surface area (Å²) in [5.74, 6) is 0.702. The number of benzene rings is 1. The highest BCUT2D eigenvalue weighted by molar-refractivity contribution is 6.30. The van der Waals surface area contributed by atoms with Gasteiger partial charge in [-0.15, -0.1) is 0 Å². The van der Waals surface area contributed by atoms with Gasteiger partial charge in [0.1, 0.15) is 5.60 Å². The Morgan fingerprint density at radius 3 is 2.48 bits per heavy atom. The van der Waals surface area contributed by atoms with Crippen molar-refractivity contribution in [3.63, 3.8) is 0 Å². The molecule has 1 amide bonds. The predicted molar refractivity (Wildman–Crippen MR) is 120 cm³/mol. The summed E-state index contributed by atoms with van der Waals surface area (Å²) >= 11 is 6.09. The minimum absolute atomic E-state index is 0.303. The largest absolute Gasteiger partial charge is 0.444 e. The van der Waals surface area contributed by atoms with Crippen molar-refractivity contribution in [3.05, 3.63) is 34.9 Å². The number of rotatable bonds is 11. The molecule has 1 rings (SSSR count). The number of hydrogen-bond acceptors (Lipinski definition) is 4. The van der Waals surface area contributed by atoms with Gasteiger partial charge in [-0.1, -0.05) is 50.4 Å². The highest BCUT2D eigenvalue weighted by Gasteiger charge is 2.25. The van der Waals surface area contributed by atoms with Crippen LogP contribution in [-0.2, 0) is 11.2 Å². The number of hydrogen-bond donors (Lipinski definition) is 3. The summed E-state index contributed by atoms with van der Waals surface area (Å²) in [5, 5.41) is 17.6. The third-order valence-corrected chi connectivity index (χ3v) is 4.84. The lowest BCUT2D eigenvalue weighted by Crippen LogP contribution is -2.50. The summed E-state index contributed by atoms with van der Waals surface area (Å²) in [6.07, 6.45) is 2.59. The molecule has 0 bridgehead atoms. The first-order chi connectivity index (χ1) is 13.5. The molecule has 1 unspecified atom stereocenters. The molecular weight excluding hydrogens is 388 g/mol. The first-order valence-electron chi connectivity index (χ1n) is 10.6. The Morgan fingerprint density at radius 1 is 1.21 bits per heavy atom. The number of nitrogens with one attached hydrogen (secondary N) is 2. The van der Waals surface area contributed by atoms with Crippen LogP contribution in [0.2, 0.25) is 5.02 Å². The average Bonchev–Trinajstić information content (AvgIpc) is 2.57. The molecule has 3 atom stereocenters. The fraction of sp³-hybridized carbons (Fsp3) is 0.696. The van der Waals surface area contributed by atoms with Crippen LogP contribution < -0.4 is 10.6 Å². The molecule has 1 aromatic rings. The molecule has 1 aromatic carbocycles. The van der Waals surface area contributed by atoms with Gasteiger partial charge in [0.15, 0.2) is 0 Å². The van der Waals surface area contributed by atoms with E-state index >= 15 is 0 Å². The van der Waals surface area contributed by atoms with Crippen LogP contribution in [0.3, 0.4) is 0 Å². The molecule has 0 radical (unpaired) electrons. The van der Waals surface area contributed by atoms with Crippen LogP contribution in [0, 0.1) is 5.92 Å². The molecule has 29 heavy (non-hydrogen) atoms. The summed E-state index contributed by atoms with van der Waals surface area (Å²) in [6.45, 7) is 12.4. The number of alkyl carbamates (subject to hydrolysis) is 1. The van der Waals surface area contributed by atoms with E-state index in [1.165, 1.54) is 6.42 Å². The number of carbonyl (C=O) groups is 1. The molecule has 3 N–H and O–H groups in total. The Morgan fingerprint density at radius 2 is 1.90 bits per heavy atom. The summed E-state index contributed by atoms with van der Waals surface area (Å²) in [4.78, 5) is 12.3. The van der Waals surface area contributed by atoms with Gasteiger partial charge in [-0.05, 0) is 64.2 Å². The molecule has 6 heteroatoms. The fourth-order valence-electron chi connectivity index (χ4n) is 3.06. The lowest BCUT2D eigenvalue weighted by molar-refractivity contribution is 0.0420. The first-order valence-corrected chi connectivity index (χ1v) is 11.0. The first kappa shape index (κ1) is 25.7. The highest BCUT2D eigenvalue weighted by Crippen LogP contribution is 2.15. The zero-order valence-electron chi connectivity index (χ0n) is 18.8. The molecule has 166 valence electrons. The van der Waals surface area contributed by atoms with E-state index < -0.39 is 23.8 Å². The van der Waals surface area contributed by atoms with E-state index in [2.05, 4.69) is 31.4 Å². The Balaban J connectivity index is 2.69. The lowest BCUT2D eigenvalue weighted by Gasteiger charge is -2.28. The van der Waals surface area contributed by atoms with Crippen LogP contribution in [-0.4, -0.2) is 41.5 Å². The van der Waals surface area contributed by atoms with Gasteiger partial charge in [-0.2, -0.15) is 0 Å². The van der Waals surface area contributed by atoms with Crippen LogP contribution in [0.1, 0.15) is 66.4 Å². The number of carbonyl (C=O) groups excluding carboxylic acids is 1. The molecule has 0 aliphatic carbocycles. The molecule has 0 saturated carbocycles. The van der Waals surface area contributed by atoms with Crippen LogP contribution in [0.25, 0.3) is 0 Å². The van der Waals surface area contributed by atoms with Crippen molar-refractivity contribution < 1.29 is 14.6 Å². The smallest absolute Gasteiger partial charge is 0.407 e. The predicted octanol–water partition coefficient (Wildman–Crippen LogP) is 4.94. The molecule has 0 spiro atoms. The molecule has 0 aromatic heterocycles. The van der Waals surface area contributed by atoms with Gasteiger partial charge in [0, 0.05) is 17.6 Å². The van der Waals surface area contributed by atoms with Gasteiger partial charge in [0.25, 0.3) is 0 Å². The molecule has 0 saturated heterocycles. The normalized spacial score (nSPS) is 15.1. The second-order valence-corrected chi connectivity index (χ2v) is 9.72. The van der Waals surface area contributed by atoms with Crippen molar-refractivity contribution >= 4 is 17.7 Å².